The van der Waals surface area contributed by atoms with Crippen LogP contribution in [0.5, 0.6) is 0 Å². The third kappa shape index (κ3) is 5.64. The van der Waals surface area contributed by atoms with Gasteiger partial charge in [-0.05, 0) is 43.7 Å². The lowest BCUT2D eigenvalue weighted by Gasteiger charge is -2.11. The average Bonchev–Trinajstić information content (AvgIpc) is 2.69. The summed E-state index contributed by atoms with van der Waals surface area (Å²) in [6, 6.07) is 12.2. The van der Waals surface area contributed by atoms with Crippen LogP contribution in [0.4, 0.5) is 5.69 Å². The van der Waals surface area contributed by atoms with E-state index in [1.165, 1.54) is 24.3 Å². The molecule has 2 aromatic carbocycles. The molecule has 0 bridgehead atoms. The fourth-order valence-corrected chi connectivity index (χ4v) is 3.56. The zero-order chi connectivity index (χ0) is 20.6. The molecular weight excluding hydrogens is 380 g/mol. The maximum absolute atomic E-state index is 12.6. The van der Waals surface area contributed by atoms with Crippen LogP contribution in [-0.2, 0) is 14.8 Å². The third-order valence-electron chi connectivity index (χ3n) is 3.90. The number of hydrogen-bond acceptors (Lipinski definition) is 5. The zero-order valence-electron chi connectivity index (χ0n) is 15.9. The van der Waals surface area contributed by atoms with Crippen LogP contribution in [0.2, 0.25) is 0 Å². The van der Waals surface area contributed by atoms with Gasteiger partial charge in [0, 0.05) is 12.1 Å². The van der Waals surface area contributed by atoms with Crippen LogP contribution in [0.25, 0.3) is 0 Å². The predicted molar refractivity (Wildman–Crippen MR) is 107 cm³/mol. The molecule has 2 aromatic rings. The minimum absolute atomic E-state index is 0.00920. The van der Waals surface area contributed by atoms with E-state index in [1.807, 2.05) is 6.92 Å². The number of amides is 1. The van der Waals surface area contributed by atoms with E-state index in [0.717, 1.165) is 12.8 Å². The van der Waals surface area contributed by atoms with Crippen LogP contribution in [0, 0.1) is 0 Å². The van der Waals surface area contributed by atoms with Crippen molar-refractivity contribution in [1.82, 2.24) is 4.72 Å². The Morgan fingerprint density at radius 2 is 1.79 bits per heavy atom. The second-order valence-corrected chi connectivity index (χ2v) is 7.77. The number of esters is 1. The first kappa shape index (κ1) is 21.6. The van der Waals surface area contributed by atoms with Crippen molar-refractivity contribution in [1.29, 1.82) is 0 Å². The summed E-state index contributed by atoms with van der Waals surface area (Å²) in [5.41, 5.74) is 0.681. The number of nitrogens with one attached hydrogen (secondary N) is 2. The highest BCUT2D eigenvalue weighted by molar-refractivity contribution is 7.89. The van der Waals surface area contributed by atoms with Crippen molar-refractivity contribution in [3.05, 3.63) is 59.7 Å². The van der Waals surface area contributed by atoms with Gasteiger partial charge in [-0.25, -0.2) is 17.9 Å². The molecule has 150 valence electrons. The molecule has 1 amide bonds. The molecule has 0 atom stereocenters. The summed E-state index contributed by atoms with van der Waals surface area (Å²) in [5, 5.41) is 2.64. The zero-order valence-corrected chi connectivity index (χ0v) is 16.7. The largest absolute Gasteiger partial charge is 0.462 e. The van der Waals surface area contributed by atoms with Gasteiger partial charge in [0.25, 0.3) is 5.91 Å². The predicted octanol–water partition coefficient (Wildman–Crippen LogP) is 3.19. The van der Waals surface area contributed by atoms with Crippen molar-refractivity contribution in [3.8, 4) is 0 Å². The van der Waals surface area contributed by atoms with Gasteiger partial charge in [0.2, 0.25) is 10.0 Å². The Labute approximate surface area is 165 Å². The van der Waals surface area contributed by atoms with Crippen molar-refractivity contribution in [2.24, 2.45) is 0 Å². The molecule has 2 N–H and O–H groups in total. The minimum Gasteiger partial charge on any atom is -0.462 e. The number of para-hydroxylation sites is 1. The van der Waals surface area contributed by atoms with E-state index in [9.17, 15) is 18.0 Å². The van der Waals surface area contributed by atoms with Gasteiger partial charge in [-0.1, -0.05) is 31.5 Å². The molecule has 2 rings (SSSR count). The highest BCUT2D eigenvalue weighted by Gasteiger charge is 2.18. The van der Waals surface area contributed by atoms with Crippen molar-refractivity contribution in [3.63, 3.8) is 0 Å². The van der Waals surface area contributed by atoms with Crippen LogP contribution in [0.3, 0.4) is 0 Å². The lowest BCUT2D eigenvalue weighted by Crippen LogP contribution is -2.25. The Hall–Kier alpha value is -2.71. The molecule has 0 heterocycles. The number of carbonyl (C=O) groups is 2. The van der Waals surface area contributed by atoms with Crippen LogP contribution < -0.4 is 10.0 Å². The first-order valence-electron chi connectivity index (χ1n) is 9.06. The van der Waals surface area contributed by atoms with Gasteiger partial charge in [0.05, 0.1) is 22.8 Å². The standard InChI is InChI=1S/C20H24N2O5S/c1-3-5-13-21-28(25,26)16-10-8-9-15(14-16)19(23)22-18-12-7-6-11-17(18)20(24)27-4-2/h6-12,14,21H,3-5,13H2,1-2H3,(H,22,23). The Bertz CT molecular complexity index is 941. The molecule has 0 radical (unpaired) electrons. The van der Waals surface area contributed by atoms with E-state index in [2.05, 4.69) is 10.0 Å². The summed E-state index contributed by atoms with van der Waals surface area (Å²) in [6.45, 7) is 4.21. The van der Waals surface area contributed by atoms with Crippen molar-refractivity contribution in [2.45, 2.75) is 31.6 Å². The quantitative estimate of drug-likeness (QED) is 0.494. The summed E-state index contributed by atoms with van der Waals surface area (Å²) in [5.74, 6) is -1.07. The highest BCUT2D eigenvalue weighted by Crippen LogP contribution is 2.18. The van der Waals surface area contributed by atoms with Gasteiger partial charge in [0.1, 0.15) is 0 Å². The molecule has 8 heteroatoms. The fraction of sp³-hybridized carbons (Fsp3) is 0.300. The van der Waals surface area contributed by atoms with E-state index in [0.29, 0.717) is 12.2 Å². The van der Waals surface area contributed by atoms with E-state index in [4.69, 9.17) is 4.74 Å². The number of rotatable bonds is 9. The maximum atomic E-state index is 12.6. The molecule has 0 fully saturated rings. The van der Waals surface area contributed by atoms with Gasteiger partial charge in [0.15, 0.2) is 0 Å². The third-order valence-corrected chi connectivity index (χ3v) is 5.36. The van der Waals surface area contributed by atoms with E-state index < -0.39 is 21.9 Å². The fourth-order valence-electron chi connectivity index (χ4n) is 2.44. The number of sulfonamides is 1. The summed E-state index contributed by atoms with van der Waals surface area (Å²) in [7, 11) is -3.69. The van der Waals surface area contributed by atoms with Crippen molar-refractivity contribution < 1.29 is 22.7 Å². The molecule has 0 saturated heterocycles. The van der Waals surface area contributed by atoms with Gasteiger partial charge >= 0.3 is 5.97 Å². The molecule has 0 spiro atoms. The van der Waals surface area contributed by atoms with E-state index >= 15 is 0 Å². The molecule has 0 unspecified atom stereocenters. The molecule has 0 aromatic heterocycles. The van der Waals surface area contributed by atoms with E-state index in [-0.39, 0.29) is 22.6 Å². The number of unbranched alkanes of at least 4 members (excludes halogenated alkanes) is 1. The Kier molecular flexibility index (Phi) is 7.71. The number of anilines is 1. The first-order valence-corrected chi connectivity index (χ1v) is 10.5. The van der Waals surface area contributed by atoms with Gasteiger partial charge < -0.3 is 10.1 Å². The SMILES string of the molecule is CCCCNS(=O)(=O)c1cccc(C(=O)Nc2ccccc2C(=O)OCC)c1. The minimum atomic E-state index is -3.69. The number of hydrogen-bond donors (Lipinski definition) is 2. The normalized spacial score (nSPS) is 11.1. The molecule has 28 heavy (non-hydrogen) atoms. The lowest BCUT2D eigenvalue weighted by molar-refractivity contribution is 0.0527. The van der Waals surface area contributed by atoms with Crippen molar-refractivity contribution >= 4 is 27.6 Å². The van der Waals surface area contributed by atoms with Crippen LogP contribution in [0.1, 0.15) is 47.4 Å². The summed E-state index contributed by atoms with van der Waals surface area (Å²) in [4.78, 5) is 24.7. The Morgan fingerprint density at radius 3 is 2.50 bits per heavy atom. The molecule has 0 saturated carbocycles. The number of carbonyl (C=O) groups excluding carboxylic acids is 2. The second kappa shape index (κ2) is 10.0. The monoisotopic (exact) mass is 404 g/mol. The van der Waals surface area contributed by atoms with Gasteiger partial charge in [-0.15, -0.1) is 0 Å². The Morgan fingerprint density at radius 1 is 1.04 bits per heavy atom. The maximum Gasteiger partial charge on any atom is 0.340 e. The highest BCUT2D eigenvalue weighted by atomic mass is 32.2. The average molecular weight is 404 g/mol. The molecule has 0 aliphatic rings. The molecule has 0 aliphatic carbocycles. The summed E-state index contributed by atoms with van der Waals surface area (Å²) >= 11 is 0. The van der Waals surface area contributed by atoms with Crippen LogP contribution in [-0.4, -0.2) is 33.4 Å². The number of ether oxygens (including phenoxy) is 1. The topological polar surface area (TPSA) is 102 Å². The number of benzene rings is 2. The Balaban J connectivity index is 2.22. The molecule has 7 nitrogen and oxygen atoms in total. The van der Waals surface area contributed by atoms with Gasteiger partial charge in [-0.2, -0.15) is 0 Å². The summed E-state index contributed by atoms with van der Waals surface area (Å²) < 4.78 is 32.2. The molecule has 0 aliphatic heterocycles. The van der Waals surface area contributed by atoms with E-state index in [1.54, 1.807) is 31.2 Å². The van der Waals surface area contributed by atoms with Crippen LogP contribution in [0.15, 0.2) is 53.4 Å². The second-order valence-electron chi connectivity index (χ2n) is 6.00. The summed E-state index contributed by atoms with van der Waals surface area (Å²) in [6.07, 6.45) is 1.59. The first-order chi connectivity index (χ1) is 13.4. The molecular formula is C20H24N2O5S. The van der Waals surface area contributed by atoms with Gasteiger partial charge in [-0.3, -0.25) is 4.79 Å². The van der Waals surface area contributed by atoms with Crippen molar-refractivity contribution in [2.75, 3.05) is 18.5 Å². The lowest BCUT2D eigenvalue weighted by atomic mass is 10.1. The smallest absolute Gasteiger partial charge is 0.340 e. The van der Waals surface area contributed by atoms with Crippen LogP contribution >= 0.6 is 0 Å².